The molecule has 6 nitrogen and oxygen atoms in total. The van der Waals surface area contributed by atoms with Crippen LogP contribution in [0, 0.1) is 5.92 Å². The molecule has 1 aromatic carbocycles. The van der Waals surface area contributed by atoms with E-state index in [0.717, 1.165) is 59.8 Å². The minimum atomic E-state index is 0.00606. The summed E-state index contributed by atoms with van der Waals surface area (Å²) in [6.45, 7) is 6.54. The van der Waals surface area contributed by atoms with Crippen LogP contribution in [0.4, 0.5) is 5.82 Å². The molecular formula is C20H23N5O. The van der Waals surface area contributed by atoms with E-state index < -0.39 is 0 Å². The minimum absolute atomic E-state index is 0.00606. The minimum Gasteiger partial charge on any atom is -0.488 e. The number of aromatic nitrogens is 4. The Morgan fingerprint density at radius 2 is 2.12 bits per heavy atom. The zero-order chi connectivity index (χ0) is 17.7. The molecule has 0 unspecified atom stereocenters. The van der Waals surface area contributed by atoms with Gasteiger partial charge in [-0.2, -0.15) is 5.10 Å². The zero-order valence-corrected chi connectivity index (χ0v) is 15.2. The van der Waals surface area contributed by atoms with Gasteiger partial charge in [0.1, 0.15) is 23.5 Å². The third kappa shape index (κ3) is 2.79. The maximum atomic E-state index is 6.12. The Labute approximate surface area is 152 Å². The second-order valence-electron chi connectivity index (χ2n) is 7.93. The van der Waals surface area contributed by atoms with Crippen molar-refractivity contribution in [1.29, 1.82) is 0 Å². The number of fused-ring (bicyclic) bond motifs is 1. The average Bonchev–Trinajstić information content (AvgIpc) is 3.05. The molecular weight excluding hydrogens is 326 g/mol. The number of anilines is 1. The fourth-order valence-corrected chi connectivity index (χ4v) is 3.61. The summed E-state index contributed by atoms with van der Waals surface area (Å²) < 4.78 is 6.12. The maximum Gasteiger partial charge on any atom is 0.132 e. The van der Waals surface area contributed by atoms with E-state index in [1.807, 2.05) is 12.1 Å². The molecule has 1 atom stereocenters. The predicted octanol–water partition coefficient (Wildman–Crippen LogP) is 3.80. The van der Waals surface area contributed by atoms with Crippen LogP contribution in [-0.4, -0.2) is 38.9 Å². The van der Waals surface area contributed by atoms with Gasteiger partial charge in [-0.3, -0.25) is 5.10 Å². The van der Waals surface area contributed by atoms with Gasteiger partial charge in [-0.15, -0.1) is 0 Å². The lowest BCUT2D eigenvalue weighted by Crippen LogP contribution is -2.20. The van der Waals surface area contributed by atoms with Gasteiger partial charge in [-0.25, -0.2) is 9.97 Å². The van der Waals surface area contributed by atoms with E-state index in [1.54, 1.807) is 6.33 Å². The van der Waals surface area contributed by atoms with Gasteiger partial charge in [0.25, 0.3) is 0 Å². The van der Waals surface area contributed by atoms with E-state index in [-0.39, 0.29) is 5.60 Å². The molecule has 134 valence electrons. The Hall–Kier alpha value is -2.63. The Kier molecular flexibility index (Phi) is 3.42. The zero-order valence-electron chi connectivity index (χ0n) is 15.2. The smallest absolute Gasteiger partial charge is 0.132 e. The number of nitrogens with zero attached hydrogens (tertiary/aromatic N) is 4. The Morgan fingerprint density at radius 3 is 2.88 bits per heavy atom. The van der Waals surface area contributed by atoms with E-state index >= 15 is 0 Å². The second kappa shape index (κ2) is 5.69. The molecule has 26 heavy (non-hydrogen) atoms. The summed E-state index contributed by atoms with van der Waals surface area (Å²) >= 11 is 0. The molecule has 0 radical (unpaired) electrons. The van der Waals surface area contributed by atoms with E-state index in [0.29, 0.717) is 5.92 Å². The monoisotopic (exact) mass is 349 g/mol. The quantitative estimate of drug-likeness (QED) is 0.776. The standard InChI is InChI=1S/C20H23N5O/c1-13-5-8-25(11-13)18-10-17(21-12-22-18)19-15-9-14(26-20(2)6-7-20)3-4-16(15)23-24-19/h3-4,9-10,12-13H,5-8,11H2,1-2H3,(H,23,24)/t13-/m1/s1. The maximum absolute atomic E-state index is 6.12. The highest BCUT2D eigenvalue weighted by Crippen LogP contribution is 2.40. The average molecular weight is 349 g/mol. The highest BCUT2D eigenvalue weighted by Gasteiger charge is 2.40. The van der Waals surface area contributed by atoms with E-state index in [4.69, 9.17) is 4.74 Å². The number of aromatic amines is 1. The number of H-pyrrole nitrogens is 1. The molecule has 1 aliphatic carbocycles. The SMILES string of the molecule is C[C@@H]1CCN(c2cc(-c3[nH]nc4ccc(OC5(C)CC5)cc34)ncn2)C1. The summed E-state index contributed by atoms with van der Waals surface area (Å²) in [7, 11) is 0. The molecule has 0 bridgehead atoms. The number of benzene rings is 1. The molecule has 1 saturated carbocycles. The van der Waals surface area contributed by atoms with Crippen molar-refractivity contribution in [1.82, 2.24) is 20.2 Å². The van der Waals surface area contributed by atoms with Crippen molar-refractivity contribution in [3.05, 3.63) is 30.6 Å². The first-order valence-corrected chi connectivity index (χ1v) is 9.34. The Morgan fingerprint density at radius 1 is 1.23 bits per heavy atom. The van der Waals surface area contributed by atoms with Crippen molar-refractivity contribution >= 4 is 16.7 Å². The van der Waals surface area contributed by atoms with Gasteiger partial charge in [0.2, 0.25) is 0 Å². The summed E-state index contributed by atoms with van der Waals surface area (Å²) in [5.41, 5.74) is 2.71. The number of ether oxygens (including phenoxy) is 1. The molecule has 1 saturated heterocycles. The van der Waals surface area contributed by atoms with Crippen LogP contribution in [0.2, 0.25) is 0 Å². The molecule has 2 aromatic heterocycles. The number of hydrogen-bond acceptors (Lipinski definition) is 5. The van der Waals surface area contributed by atoms with Gasteiger partial charge in [0, 0.05) is 24.5 Å². The van der Waals surface area contributed by atoms with Gasteiger partial charge >= 0.3 is 0 Å². The summed E-state index contributed by atoms with van der Waals surface area (Å²) in [4.78, 5) is 11.3. The Balaban J connectivity index is 1.51. The number of hydrogen-bond donors (Lipinski definition) is 1. The third-order valence-electron chi connectivity index (χ3n) is 5.50. The van der Waals surface area contributed by atoms with Crippen LogP contribution in [0.3, 0.4) is 0 Å². The number of rotatable bonds is 4. The Bertz CT molecular complexity index is 962. The topological polar surface area (TPSA) is 66.9 Å². The van der Waals surface area contributed by atoms with E-state index in [1.165, 1.54) is 6.42 Å². The van der Waals surface area contributed by atoms with Crippen molar-refractivity contribution in [3.63, 3.8) is 0 Å². The van der Waals surface area contributed by atoms with Crippen LogP contribution in [-0.2, 0) is 0 Å². The lowest BCUT2D eigenvalue weighted by atomic mass is 10.1. The normalized spacial score (nSPS) is 21.3. The molecule has 0 spiro atoms. The molecule has 3 aromatic rings. The largest absolute Gasteiger partial charge is 0.488 e. The molecule has 2 fully saturated rings. The fraction of sp³-hybridized carbons (Fsp3) is 0.450. The van der Waals surface area contributed by atoms with Crippen LogP contribution < -0.4 is 9.64 Å². The summed E-state index contributed by atoms with van der Waals surface area (Å²) in [5, 5.41) is 8.61. The molecule has 6 heteroatoms. The summed E-state index contributed by atoms with van der Waals surface area (Å²) in [5.74, 6) is 2.59. The molecule has 1 aliphatic heterocycles. The molecule has 2 aliphatic rings. The van der Waals surface area contributed by atoms with Gasteiger partial charge in [-0.05, 0) is 50.3 Å². The summed E-state index contributed by atoms with van der Waals surface area (Å²) in [6.07, 6.45) is 5.09. The van der Waals surface area contributed by atoms with Gasteiger partial charge in [0.15, 0.2) is 0 Å². The molecule has 0 amide bonds. The molecule has 1 N–H and O–H groups in total. The highest BCUT2D eigenvalue weighted by molar-refractivity contribution is 5.93. The van der Waals surface area contributed by atoms with Crippen LogP contribution in [0.5, 0.6) is 5.75 Å². The predicted molar refractivity (Wildman–Crippen MR) is 101 cm³/mol. The van der Waals surface area contributed by atoms with Crippen molar-refractivity contribution in [2.24, 2.45) is 5.92 Å². The van der Waals surface area contributed by atoms with Gasteiger partial charge < -0.3 is 9.64 Å². The molecule has 3 heterocycles. The van der Waals surface area contributed by atoms with E-state index in [9.17, 15) is 0 Å². The van der Waals surface area contributed by atoms with Gasteiger partial charge in [-0.1, -0.05) is 6.92 Å². The van der Waals surface area contributed by atoms with Crippen molar-refractivity contribution < 1.29 is 4.74 Å². The second-order valence-corrected chi connectivity index (χ2v) is 7.93. The first-order chi connectivity index (χ1) is 12.6. The van der Waals surface area contributed by atoms with Crippen LogP contribution in [0.1, 0.15) is 33.1 Å². The number of nitrogens with one attached hydrogen (secondary N) is 1. The molecule has 5 rings (SSSR count). The lowest BCUT2D eigenvalue weighted by molar-refractivity contribution is 0.200. The van der Waals surface area contributed by atoms with E-state index in [2.05, 4.69) is 51.0 Å². The van der Waals surface area contributed by atoms with Crippen molar-refractivity contribution in [2.45, 2.75) is 38.7 Å². The van der Waals surface area contributed by atoms with Crippen LogP contribution in [0.15, 0.2) is 30.6 Å². The van der Waals surface area contributed by atoms with Gasteiger partial charge in [0.05, 0.1) is 16.9 Å². The fourth-order valence-electron chi connectivity index (χ4n) is 3.61. The first-order valence-electron chi connectivity index (χ1n) is 9.34. The highest BCUT2D eigenvalue weighted by atomic mass is 16.5. The van der Waals surface area contributed by atoms with Crippen LogP contribution >= 0.6 is 0 Å². The third-order valence-corrected chi connectivity index (χ3v) is 5.50. The van der Waals surface area contributed by atoms with Crippen molar-refractivity contribution in [2.75, 3.05) is 18.0 Å². The van der Waals surface area contributed by atoms with Crippen molar-refractivity contribution in [3.8, 4) is 17.1 Å². The summed E-state index contributed by atoms with van der Waals surface area (Å²) in [6, 6.07) is 8.12. The lowest BCUT2D eigenvalue weighted by Gasteiger charge is -2.17. The first kappa shape index (κ1) is 15.6. The van der Waals surface area contributed by atoms with Crippen LogP contribution in [0.25, 0.3) is 22.3 Å².